The first-order valence-corrected chi connectivity index (χ1v) is 8.27. The van der Waals surface area contributed by atoms with Gasteiger partial charge in [-0.2, -0.15) is 0 Å². The first-order chi connectivity index (χ1) is 6.01. The van der Waals surface area contributed by atoms with E-state index in [2.05, 4.69) is 33.9 Å². The van der Waals surface area contributed by atoms with Crippen molar-refractivity contribution in [1.82, 2.24) is 0 Å². The molecule has 14 heavy (non-hydrogen) atoms. The summed E-state index contributed by atoms with van der Waals surface area (Å²) in [5, 5.41) is 0.136. The molecule has 0 aromatic heterocycles. The van der Waals surface area contributed by atoms with Crippen LogP contribution < -0.4 is 0 Å². The molecule has 0 aliphatic carbocycles. The zero-order valence-electron chi connectivity index (χ0n) is 10.4. The Morgan fingerprint density at radius 3 is 1.79 bits per heavy atom. The number of carbonyl (C=O) groups is 1. The summed E-state index contributed by atoms with van der Waals surface area (Å²) in [6, 6.07) is 0. The molecule has 0 unspecified atom stereocenters. The van der Waals surface area contributed by atoms with Gasteiger partial charge in [-0.25, -0.2) is 4.39 Å². The SMILES string of the molecule is C[C@H](F)C(=O)[C@@H](C)[Si](C)(C)C(C)(C)C. The highest BCUT2D eigenvalue weighted by Crippen LogP contribution is 2.44. The van der Waals surface area contributed by atoms with Crippen LogP contribution in [-0.2, 0) is 4.79 Å². The second kappa shape index (κ2) is 4.13. The third-order valence-electron chi connectivity index (χ3n) is 3.83. The number of halogens is 1. The normalized spacial score (nSPS) is 17.7. The van der Waals surface area contributed by atoms with Gasteiger partial charge in [0.25, 0.3) is 0 Å². The molecule has 0 rings (SSSR count). The van der Waals surface area contributed by atoms with Crippen LogP contribution in [0, 0.1) is 0 Å². The van der Waals surface area contributed by atoms with E-state index in [0.29, 0.717) is 0 Å². The van der Waals surface area contributed by atoms with Crippen LogP contribution in [0.2, 0.25) is 23.7 Å². The molecule has 0 N–H and O–H groups in total. The molecule has 0 aliphatic heterocycles. The number of ketones is 1. The molecule has 0 saturated carbocycles. The van der Waals surface area contributed by atoms with Crippen molar-refractivity contribution in [1.29, 1.82) is 0 Å². The number of Topliss-reactive ketones (excluding diaryl/α,β-unsaturated/α-hetero) is 1. The van der Waals surface area contributed by atoms with E-state index in [4.69, 9.17) is 0 Å². The minimum absolute atomic E-state index is 0.109. The van der Waals surface area contributed by atoms with Crippen LogP contribution in [0.1, 0.15) is 34.6 Å². The summed E-state index contributed by atoms with van der Waals surface area (Å²) >= 11 is 0. The van der Waals surface area contributed by atoms with Gasteiger partial charge in [0.15, 0.2) is 12.0 Å². The molecule has 0 bridgehead atoms. The summed E-state index contributed by atoms with van der Waals surface area (Å²) in [4.78, 5) is 11.6. The van der Waals surface area contributed by atoms with Crippen LogP contribution in [0.3, 0.4) is 0 Å². The van der Waals surface area contributed by atoms with Gasteiger partial charge >= 0.3 is 0 Å². The van der Waals surface area contributed by atoms with Crippen LogP contribution in [0.4, 0.5) is 4.39 Å². The van der Waals surface area contributed by atoms with Crippen LogP contribution in [0.5, 0.6) is 0 Å². The lowest BCUT2D eigenvalue weighted by Gasteiger charge is -2.41. The molecule has 0 spiro atoms. The van der Waals surface area contributed by atoms with Gasteiger partial charge in [-0.05, 0) is 12.0 Å². The van der Waals surface area contributed by atoms with Gasteiger partial charge in [0.05, 0.1) is 8.07 Å². The lowest BCUT2D eigenvalue weighted by atomic mass is 10.2. The van der Waals surface area contributed by atoms with Crippen LogP contribution >= 0.6 is 0 Å². The summed E-state index contributed by atoms with van der Waals surface area (Å²) in [6.45, 7) is 14.0. The predicted molar refractivity (Wildman–Crippen MR) is 62.2 cm³/mol. The van der Waals surface area contributed by atoms with Gasteiger partial charge in [-0.15, -0.1) is 0 Å². The van der Waals surface area contributed by atoms with Crippen molar-refractivity contribution in [2.45, 2.75) is 64.5 Å². The lowest BCUT2D eigenvalue weighted by Crippen LogP contribution is -2.45. The molecular weight excluding hydrogens is 195 g/mol. The van der Waals surface area contributed by atoms with Crippen molar-refractivity contribution < 1.29 is 9.18 Å². The van der Waals surface area contributed by atoms with Crippen molar-refractivity contribution >= 4 is 13.9 Å². The minimum atomic E-state index is -1.72. The van der Waals surface area contributed by atoms with E-state index >= 15 is 0 Å². The maximum Gasteiger partial charge on any atom is 0.166 e. The van der Waals surface area contributed by atoms with Crippen LogP contribution in [-0.4, -0.2) is 20.0 Å². The molecule has 84 valence electrons. The summed E-state index contributed by atoms with van der Waals surface area (Å²) in [7, 11) is -1.72. The highest BCUT2D eigenvalue weighted by atomic mass is 28.3. The standard InChI is InChI=1S/C11H23FOSi/c1-8(12)10(13)9(2)14(6,7)11(3,4)5/h8-9H,1-7H3/t8-,9+/m0/s1. The third-order valence-corrected chi connectivity index (χ3v) is 10.1. The van der Waals surface area contributed by atoms with E-state index in [-0.39, 0.29) is 16.4 Å². The maximum absolute atomic E-state index is 12.9. The van der Waals surface area contributed by atoms with Crippen molar-refractivity contribution in [3.05, 3.63) is 0 Å². The summed E-state index contributed by atoms with van der Waals surface area (Å²) in [5.41, 5.74) is -0.109. The predicted octanol–water partition coefficient (Wildman–Crippen LogP) is 3.81. The fourth-order valence-corrected chi connectivity index (χ4v) is 3.59. The first-order valence-electron chi connectivity index (χ1n) is 5.19. The first kappa shape index (κ1) is 13.8. The summed E-state index contributed by atoms with van der Waals surface area (Å²) < 4.78 is 12.9. The van der Waals surface area contributed by atoms with Gasteiger partial charge in [-0.1, -0.05) is 40.8 Å². The number of hydrogen-bond acceptors (Lipinski definition) is 1. The Morgan fingerprint density at radius 2 is 1.57 bits per heavy atom. The second-order valence-corrected chi connectivity index (χ2v) is 11.5. The van der Waals surface area contributed by atoms with Crippen molar-refractivity contribution in [2.75, 3.05) is 0 Å². The van der Waals surface area contributed by atoms with Gasteiger partial charge < -0.3 is 0 Å². The smallest absolute Gasteiger partial charge is 0.166 e. The highest BCUT2D eigenvalue weighted by molar-refractivity contribution is 6.84. The van der Waals surface area contributed by atoms with Crippen molar-refractivity contribution in [3.8, 4) is 0 Å². The largest absolute Gasteiger partial charge is 0.296 e. The van der Waals surface area contributed by atoms with Crippen LogP contribution in [0.15, 0.2) is 0 Å². The molecule has 0 radical (unpaired) electrons. The molecule has 0 aromatic rings. The maximum atomic E-state index is 12.9. The fourth-order valence-electron chi connectivity index (χ4n) is 1.35. The van der Waals surface area contributed by atoms with E-state index in [1.54, 1.807) is 0 Å². The second-order valence-electron chi connectivity index (χ2n) is 5.71. The quantitative estimate of drug-likeness (QED) is 0.658. The van der Waals surface area contributed by atoms with E-state index in [1.165, 1.54) is 6.92 Å². The van der Waals surface area contributed by atoms with E-state index in [9.17, 15) is 9.18 Å². The monoisotopic (exact) mass is 218 g/mol. The van der Waals surface area contributed by atoms with E-state index in [0.717, 1.165) is 0 Å². The molecular formula is C11H23FOSi. The van der Waals surface area contributed by atoms with Gasteiger partial charge in [-0.3, -0.25) is 4.79 Å². The number of hydrogen-bond donors (Lipinski definition) is 0. The Bertz CT molecular complexity index is 216. The van der Waals surface area contributed by atoms with Gasteiger partial charge in [0.1, 0.15) is 0 Å². The average molecular weight is 218 g/mol. The average Bonchev–Trinajstić information content (AvgIpc) is 1.99. The van der Waals surface area contributed by atoms with Crippen LogP contribution in [0.25, 0.3) is 0 Å². The Labute approximate surface area is 88.1 Å². The molecule has 0 aromatic carbocycles. The molecule has 0 fully saturated rings. The van der Waals surface area contributed by atoms with Gasteiger partial charge in [0.2, 0.25) is 0 Å². The fraction of sp³-hybridized carbons (Fsp3) is 0.909. The summed E-state index contributed by atoms with van der Waals surface area (Å²) in [5.74, 6) is -0.225. The highest BCUT2D eigenvalue weighted by Gasteiger charge is 2.43. The minimum Gasteiger partial charge on any atom is -0.296 e. The Kier molecular flexibility index (Phi) is 4.08. The van der Waals surface area contributed by atoms with E-state index < -0.39 is 14.2 Å². The van der Waals surface area contributed by atoms with Crippen molar-refractivity contribution in [2.24, 2.45) is 0 Å². The Hall–Kier alpha value is -0.183. The lowest BCUT2D eigenvalue weighted by molar-refractivity contribution is -0.123. The number of rotatable bonds is 3. The number of alkyl halides is 1. The van der Waals surface area contributed by atoms with Gasteiger partial charge in [0, 0.05) is 5.54 Å². The van der Waals surface area contributed by atoms with Crippen molar-refractivity contribution in [3.63, 3.8) is 0 Å². The molecule has 0 heterocycles. The topological polar surface area (TPSA) is 17.1 Å². The third kappa shape index (κ3) is 2.66. The number of carbonyl (C=O) groups excluding carboxylic acids is 1. The molecule has 2 atom stereocenters. The zero-order valence-corrected chi connectivity index (χ0v) is 11.4. The molecule has 0 saturated heterocycles. The Morgan fingerprint density at radius 1 is 1.21 bits per heavy atom. The summed E-state index contributed by atoms with van der Waals surface area (Å²) in [6.07, 6.45) is -1.32. The molecule has 3 heteroatoms. The molecule has 0 amide bonds. The van der Waals surface area contributed by atoms with E-state index in [1.807, 2.05) is 6.92 Å². The Balaban J connectivity index is 4.85. The zero-order chi connectivity index (χ0) is 11.7. The molecule has 1 nitrogen and oxygen atoms in total. The molecule has 0 aliphatic rings.